The lowest BCUT2D eigenvalue weighted by Gasteiger charge is -2.16. The van der Waals surface area contributed by atoms with E-state index in [9.17, 15) is 13.2 Å². The number of allylic oxidation sites excluding steroid dienone is 1. The molecule has 1 aliphatic rings. The maximum Gasteiger partial charge on any atom is 0.421 e. The zero-order valence-corrected chi connectivity index (χ0v) is 20.2. The van der Waals surface area contributed by atoms with Gasteiger partial charge in [-0.1, -0.05) is 42.3 Å². The summed E-state index contributed by atoms with van der Waals surface area (Å²) in [7, 11) is -4.07. The maximum absolute atomic E-state index is 12.7. The number of aromatic nitrogens is 2. The summed E-state index contributed by atoms with van der Waals surface area (Å²) >= 11 is 0. The average molecular weight is 480 g/mol. The third-order valence-corrected chi connectivity index (χ3v) is 7.08. The highest BCUT2D eigenvalue weighted by molar-refractivity contribution is 7.90. The Morgan fingerprint density at radius 1 is 1.03 bits per heavy atom. The summed E-state index contributed by atoms with van der Waals surface area (Å²) in [6.07, 6.45) is 7.17. The van der Waals surface area contributed by atoms with E-state index in [4.69, 9.17) is 4.74 Å². The molecule has 1 aliphatic carbocycles. The quantitative estimate of drug-likeness (QED) is 0.491. The molecule has 1 atom stereocenters. The van der Waals surface area contributed by atoms with Gasteiger partial charge in [-0.25, -0.2) is 22.6 Å². The number of hydrogen-bond donors (Lipinski definition) is 1. The van der Waals surface area contributed by atoms with Crippen LogP contribution >= 0.6 is 0 Å². The van der Waals surface area contributed by atoms with E-state index in [0.29, 0.717) is 12.1 Å². The van der Waals surface area contributed by atoms with Gasteiger partial charge in [0.25, 0.3) is 10.0 Å². The summed E-state index contributed by atoms with van der Waals surface area (Å²) in [5.41, 5.74) is 4.64. The molecule has 0 radical (unpaired) electrons. The van der Waals surface area contributed by atoms with Crippen LogP contribution in [0.15, 0.2) is 71.6 Å². The van der Waals surface area contributed by atoms with Gasteiger partial charge in [0.15, 0.2) is 0 Å². The first-order valence-electron chi connectivity index (χ1n) is 11.5. The Kier molecular flexibility index (Phi) is 7.17. The van der Waals surface area contributed by atoms with Crippen molar-refractivity contribution in [1.82, 2.24) is 14.5 Å². The molecule has 7 nitrogen and oxygen atoms in total. The number of ether oxygens (including phenoxy) is 1. The molecule has 3 aromatic rings. The highest BCUT2D eigenvalue weighted by Crippen LogP contribution is 2.25. The molecule has 1 N–H and O–H groups in total. The van der Waals surface area contributed by atoms with Crippen molar-refractivity contribution >= 4 is 16.1 Å². The average Bonchev–Trinajstić information content (AvgIpc) is 3.17. The molecule has 2 aromatic carbocycles. The summed E-state index contributed by atoms with van der Waals surface area (Å²) in [6, 6.07) is 16.4. The molecular weight excluding hydrogens is 450 g/mol. The van der Waals surface area contributed by atoms with Gasteiger partial charge < -0.3 is 4.74 Å². The van der Waals surface area contributed by atoms with Gasteiger partial charge in [0, 0.05) is 5.56 Å². The fourth-order valence-corrected chi connectivity index (χ4v) is 4.83. The van der Waals surface area contributed by atoms with Crippen LogP contribution in [-0.2, 0) is 14.8 Å². The number of benzene rings is 2. The lowest BCUT2D eigenvalue weighted by atomic mass is 10.0. The zero-order valence-electron chi connectivity index (χ0n) is 19.4. The van der Waals surface area contributed by atoms with Gasteiger partial charge in [-0.15, -0.1) is 0 Å². The van der Waals surface area contributed by atoms with E-state index < -0.39 is 22.2 Å². The number of nitrogens with one attached hydrogen (secondary N) is 1. The largest absolute Gasteiger partial charge is 0.441 e. The molecule has 178 valence electrons. The smallest absolute Gasteiger partial charge is 0.421 e. The van der Waals surface area contributed by atoms with Gasteiger partial charge in [-0.05, 0) is 75.9 Å². The maximum atomic E-state index is 12.7. The number of hydrogen-bond acceptors (Lipinski definition) is 5. The number of rotatable bonds is 5. The predicted octanol–water partition coefficient (Wildman–Crippen LogP) is 5.46. The Hall–Kier alpha value is -3.39. The molecule has 0 fully saturated rings. The van der Waals surface area contributed by atoms with E-state index in [-0.39, 0.29) is 4.90 Å². The number of carbonyl (C=O) groups is 1. The van der Waals surface area contributed by atoms with E-state index in [1.165, 1.54) is 12.1 Å². The molecular formula is C26H29N3O4S. The van der Waals surface area contributed by atoms with Crippen molar-refractivity contribution in [3.63, 3.8) is 0 Å². The van der Waals surface area contributed by atoms with Crippen molar-refractivity contribution in [2.24, 2.45) is 0 Å². The number of sulfonamides is 1. The molecule has 0 saturated carbocycles. The second-order valence-electron chi connectivity index (χ2n) is 8.56. The summed E-state index contributed by atoms with van der Waals surface area (Å²) in [5.74, 6) is 0. The minimum absolute atomic E-state index is 0.0258. The first kappa shape index (κ1) is 23.8. The Morgan fingerprint density at radius 3 is 2.50 bits per heavy atom. The first-order chi connectivity index (χ1) is 16.3. The van der Waals surface area contributed by atoms with Crippen molar-refractivity contribution in [3.05, 3.63) is 78.0 Å². The Balaban J connectivity index is 1.49. The monoisotopic (exact) mass is 479 g/mol. The van der Waals surface area contributed by atoms with Crippen LogP contribution in [0.3, 0.4) is 0 Å². The Bertz CT molecular complexity index is 1280. The molecule has 34 heavy (non-hydrogen) atoms. The minimum atomic E-state index is -4.07. The van der Waals surface area contributed by atoms with Crippen molar-refractivity contribution in [2.75, 3.05) is 0 Å². The fraction of sp³-hybridized carbons (Fsp3) is 0.308. The number of amides is 1. The van der Waals surface area contributed by atoms with Crippen LogP contribution in [0.1, 0.15) is 43.4 Å². The standard InChI is InChI=1S/C26H29N3O4S/c1-19-10-12-21(13-11-19)25-18-20(2)27-29(25)22-14-16-24(17-15-22)34(31,32)28-26(30)33-23-8-6-4-3-5-7-9-23/h6,8,10-18,23H,3-5,7,9H2,1-2H3,(H,28,30)/b8-6+. The lowest BCUT2D eigenvalue weighted by Crippen LogP contribution is -2.33. The Morgan fingerprint density at radius 2 is 1.76 bits per heavy atom. The van der Waals surface area contributed by atoms with E-state index in [1.54, 1.807) is 16.8 Å². The van der Waals surface area contributed by atoms with Gasteiger partial charge in [0.2, 0.25) is 0 Å². The van der Waals surface area contributed by atoms with Gasteiger partial charge >= 0.3 is 6.09 Å². The van der Waals surface area contributed by atoms with Gasteiger partial charge in [0.05, 0.1) is 22.0 Å². The summed E-state index contributed by atoms with van der Waals surface area (Å²) in [5, 5.41) is 4.57. The van der Waals surface area contributed by atoms with Crippen molar-refractivity contribution < 1.29 is 17.9 Å². The molecule has 1 unspecified atom stereocenters. The lowest BCUT2D eigenvalue weighted by molar-refractivity contribution is 0.119. The van der Waals surface area contributed by atoms with Crippen LogP contribution < -0.4 is 4.72 Å². The van der Waals surface area contributed by atoms with Crippen molar-refractivity contribution in [2.45, 2.75) is 57.0 Å². The van der Waals surface area contributed by atoms with E-state index in [0.717, 1.165) is 48.2 Å². The molecule has 0 saturated heterocycles. The van der Waals surface area contributed by atoms with Crippen LogP contribution in [0, 0.1) is 13.8 Å². The van der Waals surface area contributed by atoms with Gasteiger partial charge in [-0.3, -0.25) is 0 Å². The molecule has 0 bridgehead atoms. The van der Waals surface area contributed by atoms with Crippen LogP contribution in [-0.4, -0.2) is 30.4 Å². The van der Waals surface area contributed by atoms with E-state index in [1.807, 2.05) is 61.1 Å². The molecule has 1 aromatic heterocycles. The highest BCUT2D eigenvalue weighted by atomic mass is 32.2. The predicted molar refractivity (Wildman–Crippen MR) is 131 cm³/mol. The summed E-state index contributed by atoms with van der Waals surface area (Å²) in [4.78, 5) is 12.2. The van der Waals surface area contributed by atoms with Crippen LogP contribution in [0.5, 0.6) is 0 Å². The Labute approximate surface area is 200 Å². The van der Waals surface area contributed by atoms with Crippen molar-refractivity contribution in [1.29, 1.82) is 0 Å². The first-order valence-corrected chi connectivity index (χ1v) is 12.9. The third kappa shape index (κ3) is 5.75. The third-order valence-electron chi connectivity index (χ3n) is 5.76. The second kappa shape index (κ2) is 10.3. The second-order valence-corrected chi connectivity index (χ2v) is 10.2. The topological polar surface area (TPSA) is 90.3 Å². The van der Waals surface area contributed by atoms with E-state index >= 15 is 0 Å². The van der Waals surface area contributed by atoms with Crippen LogP contribution in [0.2, 0.25) is 0 Å². The molecule has 8 heteroatoms. The number of aryl methyl sites for hydroxylation is 2. The molecule has 0 spiro atoms. The van der Waals surface area contributed by atoms with Crippen LogP contribution in [0.4, 0.5) is 4.79 Å². The minimum Gasteiger partial charge on any atom is -0.441 e. The normalized spacial score (nSPS) is 17.4. The zero-order chi connectivity index (χ0) is 24.1. The fourth-order valence-electron chi connectivity index (χ4n) is 3.95. The van der Waals surface area contributed by atoms with Gasteiger partial charge in [-0.2, -0.15) is 5.10 Å². The molecule has 0 aliphatic heterocycles. The molecule has 4 rings (SSSR count). The summed E-state index contributed by atoms with van der Waals surface area (Å²) in [6.45, 7) is 3.94. The van der Waals surface area contributed by atoms with Crippen molar-refractivity contribution in [3.8, 4) is 16.9 Å². The van der Waals surface area contributed by atoms with Crippen LogP contribution in [0.25, 0.3) is 16.9 Å². The number of nitrogens with zero attached hydrogens (tertiary/aromatic N) is 2. The summed E-state index contributed by atoms with van der Waals surface area (Å²) < 4.78 is 34.6. The van der Waals surface area contributed by atoms with Gasteiger partial charge in [0.1, 0.15) is 6.10 Å². The molecule has 1 amide bonds. The highest BCUT2D eigenvalue weighted by Gasteiger charge is 2.21. The number of carbonyl (C=O) groups excluding carboxylic acids is 1. The SMILES string of the molecule is Cc1ccc(-c2cc(C)nn2-c2ccc(S(=O)(=O)NC(=O)OC3/C=C/CCCCC3)cc2)cc1. The van der Waals surface area contributed by atoms with E-state index in [2.05, 4.69) is 5.10 Å². The molecule has 1 heterocycles.